The van der Waals surface area contributed by atoms with Gasteiger partial charge in [0.1, 0.15) is 5.25 Å². The number of nitro groups is 1. The van der Waals surface area contributed by atoms with Crippen molar-refractivity contribution < 1.29 is 9.72 Å². The number of thioether (sulfide) groups is 1. The zero-order valence-corrected chi connectivity index (χ0v) is 13.7. The predicted octanol–water partition coefficient (Wildman–Crippen LogP) is 3.95. The monoisotopic (exact) mass is 330 g/mol. The second-order valence-corrected chi connectivity index (χ2v) is 6.44. The van der Waals surface area contributed by atoms with E-state index in [0.717, 1.165) is 5.56 Å². The molecule has 0 saturated carbocycles. The van der Waals surface area contributed by atoms with Crippen LogP contribution in [-0.4, -0.2) is 16.9 Å². The van der Waals surface area contributed by atoms with Crippen LogP contribution in [0.1, 0.15) is 24.7 Å². The van der Waals surface area contributed by atoms with E-state index in [2.05, 4.69) is 5.32 Å². The van der Waals surface area contributed by atoms with E-state index < -0.39 is 10.2 Å². The Labute approximate surface area is 139 Å². The summed E-state index contributed by atoms with van der Waals surface area (Å²) in [6, 6.07) is 15.8. The van der Waals surface area contributed by atoms with Crippen LogP contribution in [-0.2, 0) is 4.79 Å². The fraction of sp³-hybridized carbons (Fsp3) is 0.235. The predicted molar refractivity (Wildman–Crippen MR) is 91.4 cm³/mol. The Bertz CT molecular complexity index is 689. The van der Waals surface area contributed by atoms with Crippen LogP contribution in [0.5, 0.6) is 0 Å². The van der Waals surface area contributed by atoms with Crippen molar-refractivity contribution in [1.82, 2.24) is 5.32 Å². The first-order valence-corrected chi connectivity index (χ1v) is 8.12. The molecule has 0 spiro atoms. The highest BCUT2D eigenvalue weighted by molar-refractivity contribution is 8.00. The summed E-state index contributed by atoms with van der Waals surface area (Å²) in [6.45, 7) is 3.77. The molecule has 0 radical (unpaired) electrons. The zero-order valence-electron chi connectivity index (χ0n) is 12.9. The Morgan fingerprint density at radius 3 is 2.30 bits per heavy atom. The lowest BCUT2D eigenvalue weighted by Crippen LogP contribution is -2.33. The minimum Gasteiger partial charge on any atom is -0.353 e. The quantitative estimate of drug-likeness (QED) is 0.494. The van der Waals surface area contributed by atoms with Gasteiger partial charge in [0, 0.05) is 12.1 Å². The van der Waals surface area contributed by atoms with Crippen molar-refractivity contribution in [2.24, 2.45) is 0 Å². The number of hydrogen-bond acceptors (Lipinski definition) is 4. The summed E-state index contributed by atoms with van der Waals surface area (Å²) in [4.78, 5) is 23.8. The first-order valence-electron chi connectivity index (χ1n) is 7.24. The van der Waals surface area contributed by atoms with E-state index in [1.165, 1.54) is 17.8 Å². The van der Waals surface area contributed by atoms with E-state index in [-0.39, 0.29) is 17.6 Å². The Balaban J connectivity index is 2.36. The van der Waals surface area contributed by atoms with Gasteiger partial charge in [-0.15, -0.1) is 11.8 Å². The van der Waals surface area contributed by atoms with Gasteiger partial charge in [0.2, 0.25) is 5.91 Å². The van der Waals surface area contributed by atoms with Crippen molar-refractivity contribution in [2.45, 2.75) is 30.0 Å². The molecule has 0 aliphatic rings. The summed E-state index contributed by atoms with van der Waals surface area (Å²) in [5, 5.41) is 13.5. The molecule has 2 rings (SSSR count). The van der Waals surface area contributed by atoms with Crippen LogP contribution in [0.3, 0.4) is 0 Å². The molecule has 0 fully saturated rings. The second-order valence-electron chi connectivity index (χ2n) is 5.30. The lowest BCUT2D eigenvalue weighted by atomic mass is 10.1. The van der Waals surface area contributed by atoms with Gasteiger partial charge in [0.25, 0.3) is 5.69 Å². The van der Waals surface area contributed by atoms with E-state index >= 15 is 0 Å². The third kappa shape index (κ3) is 4.56. The summed E-state index contributed by atoms with van der Waals surface area (Å²) in [7, 11) is 0. The number of carbonyl (C=O) groups is 1. The highest BCUT2D eigenvalue weighted by Crippen LogP contribution is 2.39. The second kappa shape index (κ2) is 7.78. The van der Waals surface area contributed by atoms with Crippen molar-refractivity contribution in [2.75, 3.05) is 0 Å². The van der Waals surface area contributed by atoms with E-state index in [0.29, 0.717) is 4.90 Å². The van der Waals surface area contributed by atoms with Gasteiger partial charge in [0.15, 0.2) is 0 Å². The molecule has 1 unspecified atom stereocenters. The molecule has 1 N–H and O–H groups in total. The minimum absolute atomic E-state index is 0.0000661. The third-order valence-electron chi connectivity index (χ3n) is 3.08. The first-order chi connectivity index (χ1) is 11.0. The molecule has 5 nitrogen and oxygen atoms in total. The maximum atomic E-state index is 12.5. The van der Waals surface area contributed by atoms with Gasteiger partial charge in [-0.05, 0) is 25.5 Å². The molecule has 120 valence electrons. The zero-order chi connectivity index (χ0) is 16.8. The number of nitro benzene ring substituents is 1. The van der Waals surface area contributed by atoms with Gasteiger partial charge in [-0.25, -0.2) is 0 Å². The summed E-state index contributed by atoms with van der Waals surface area (Å²) < 4.78 is 0. The largest absolute Gasteiger partial charge is 0.353 e. The first kappa shape index (κ1) is 17.0. The average molecular weight is 330 g/mol. The molecule has 0 bridgehead atoms. The summed E-state index contributed by atoms with van der Waals surface area (Å²) in [6.07, 6.45) is 0. The average Bonchev–Trinajstić information content (AvgIpc) is 2.53. The van der Waals surface area contributed by atoms with Crippen molar-refractivity contribution in [3.8, 4) is 0 Å². The van der Waals surface area contributed by atoms with E-state index in [9.17, 15) is 14.9 Å². The van der Waals surface area contributed by atoms with E-state index in [1.54, 1.807) is 18.2 Å². The number of carbonyl (C=O) groups excluding carboxylic acids is 1. The molecule has 23 heavy (non-hydrogen) atoms. The molecule has 0 saturated heterocycles. The molecule has 0 aliphatic carbocycles. The Kier molecular flexibility index (Phi) is 5.76. The molecule has 0 heterocycles. The minimum atomic E-state index is -0.542. The molecule has 0 aliphatic heterocycles. The highest BCUT2D eigenvalue weighted by Gasteiger charge is 2.25. The molecule has 1 atom stereocenters. The van der Waals surface area contributed by atoms with Crippen LogP contribution in [0.25, 0.3) is 0 Å². The number of amides is 1. The number of nitrogens with zero attached hydrogens (tertiary/aromatic N) is 1. The lowest BCUT2D eigenvalue weighted by molar-refractivity contribution is -0.387. The number of rotatable bonds is 6. The van der Waals surface area contributed by atoms with E-state index in [1.807, 2.05) is 44.2 Å². The van der Waals surface area contributed by atoms with Crippen molar-refractivity contribution in [3.05, 3.63) is 70.3 Å². The van der Waals surface area contributed by atoms with Crippen molar-refractivity contribution in [1.29, 1.82) is 0 Å². The van der Waals surface area contributed by atoms with Crippen molar-refractivity contribution in [3.63, 3.8) is 0 Å². The molecular formula is C17H18N2O3S. The summed E-state index contributed by atoms with van der Waals surface area (Å²) in [5.74, 6) is -0.158. The van der Waals surface area contributed by atoms with Crippen LogP contribution in [0.4, 0.5) is 5.69 Å². The molecular weight excluding hydrogens is 312 g/mol. The van der Waals surface area contributed by atoms with E-state index in [4.69, 9.17) is 0 Å². The summed E-state index contributed by atoms with van der Waals surface area (Å²) in [5.41, 5.74) is 0.824. The lowest BCUT2D eigenvalue weighted by Gasteiger charge is -2.18. The standard InChI is InChI=1S/C17H18N2O3S/c1-12(2)18-17(20)16(13-8-4-3-5-9-13)23-15-11-7-6-10-14(15)19(21)22/h3-12,16H,1-2H3,(H,18,20). The van der Waals surface area contributed by atoms with Gasteiger partial charge < -0.3 is 5.32 Å². The van der Waals surface area contributed by atoms with Crippen molar-refractivity contribution >= 4 is 23.4 Å². The molecule has 0 aromatic heterocycles. The third-order valence-corrected chi connectivity index (χ3v) is 4.40. The van der Waals surface area contributed by atoms with Crippen LogP contribution in [0, 0.1) is 10.1 Å². The maximum absolute atomic E-state index is 12.5. The van der Waals surface area contributed by atoms with Gasteiger partial charge in [-0.3, -0.25) is 14.9 Å². The fourth-order valence-electron chi connectivity index (χ4n) is 2.10. The fourth-order valence-corrected chi connectivity index (χ4v) is 3.24. The van der Waals surface area contributed by atoms with Crippen LogP contribution in [0.15, 0.2) is 59.5 Å². The Hall–Kier alpha value is -2.34. The van der Waals surface area contributed by atoms with Crippen LogP contribution in [0.2, 0.25) is 0 Å². The number of para-hydroxylation sites is 1. The van der Waals surface area contributed by atoms with Crippen LogP contribution >= 0.6 is 11.8 Å². The van der Waals surface area contributed by atoms with Gasteiger partial charge >= 0.3 is 0 Å². The number of benzene rings is 2. The topological polar surface area (TPSA) is 72.2 Å². The number of nitrogens with one attached hydrogen (secondary N) is 1. The molecule has 2 aromatic carbocycles. The Morgan fingerprint density at radius 2 is 1.70 bits per heavy atom. The molecule has 2 aromatic rings. The molecule has 1 amide bonds. The number of hydrogen-bond donors (Lipinski definition) is 1. The normalized spacial score (nSPS) is 12.0. The highest BCUT2D eigenvalue weighted by atomic mass is 32.2. The molecule has 6 heteroatoms. The maximum Gasteiger partial charge on any atom is 0.282 e. The van der Waals surface area contributed by atoms with Gasteiger partial charge in [-0.2, -0.15) is 0 Å². The van der Waals surface area contributed by atoms with Crippen LogP contribution < -0.4 is 5.32 Å². The SMILES string of the molecule is CC(C)NC(=O)C(Sc1ccccc1[N+](=O)[O-])c1ccccc1. The summed E-state index contributed by atoms with van der Waals surface area (Å²) >= 11 is 1.19. The van der Waals surface area contributed by atoms with Gasteiger partial charge in [-0.1, -0.05) is 42.5 Å². The Morgan fingerprint density at radius 1 is 1.09 bits per heavy atom. The smallest absolute Gasteiger partial charge is 0.282 e. The van der Waals surface area contributed by atoms with Gasteiger partial charge in [0.05, 0.1) is 9.82 Å².